The van der Waals surface area contributed by atoms with Crippen LogP contribution in [0.1, 0.15) is 4.28 Å². The molecule has 0 saturated carbocycles. The van der Waals surface area contributed by atoms with Crippen molar-refractivity contribution in [3.8, 4) is 0 Å². The number of rotatable bonds is 0. The molecule has 0 saturated heterocycles. The van der Waals surface area contributed by atoms with Gasteiger partial charge in [-0.3, -0.25) is 0 Å². The SMILES string of the molecule is O[Si](O)(O)O.[Ba+2].[H-].[H-].[H-].[Li+]. The van der Waals surface area contributed by atoms with Gasteiger partial charge in [0.15, 0.2) is 0 Å². The molecule has 0 rings (SSSR count). The molecule has 7 heavy (non-hydrogen) atoms. The molecular weight excluding hydrogens is 236 g/mol. The Morgan fingerprint density at radius 3 is 1.00 bits per heavy atom. The van der Waals surface area contributed by atoms with Gasteiger partial charge in [-0.2, -0.15) is 0 Å². The standard InChI is InChI=1S/Ba.Li.H4O4Si.3H/c;;1-5(2,3)4;;;/h;;1-4H;;;/q+2;+1;;3*-1. The molecule has 0 bridgehead atoms. The van der Waals surface area contributed by atoms with E-state index < -0.39 is 9.05 Å². The van der Waals surface area contributed by atoms with Gasteiger partial charge in [0.2, 0.25) is 0 Å². The van der Waals surface area contributed by atoms with E-state index in [1.165, 1.54) is 0 Å². The molecule has 0 unspecified atom stereocenters. The summed E-state index contributed by atoms with van der Waals surface area (Å²) in [6.07, 6.45) is 0. The van der Waals surface area contributed by atoms with Crippen LogP contribution < -0.4 is 18.9 Å². The van der Waals surface area contributed by atoms with Gasteiger partial charge in [0.05, 0.1) is 0 Å². The maximum atomic E-state index is 7.33. The molecule has 0 radical (unpaired) electrons. The van der Waals surface area contributed by atoms with Crippen molar-refractivity contribution in [3.05, 3.63) is 0 Å². The van der Waals surface area contributed by atoms with Gasteiger partial charge < -0.3 is 23.5 Å². The monoisotopic (exact) mass is 244 g/mol. The van der Waals surface area contributed by atoms with Gasteiger partial charge >= 0.3 is 76.8 Å². The molecule has 0 aromatic carbocycles. The summed E-state index contributed by atoms with van der Waals surface area (Å²) in [5, 5.41) is 0. The molecule has 0 aromatic rings. The Kier molecular flexibility index (Phi) is 14.6. The minimum Gasteiger partial charge on any atom is -1.00 e. The zero-order valence-corrected chi connectivity index (χ0v) is 9.44. The van der Waals surface area contributed by atoms with E-state index >= 15 is 0 Å². The summed E-state index contributed by atoms with van der Waals surface area (Å²) in [7, 11) is -4.61. The smallest absolute Gasteiger partial charge is 1.00 e. The molecule has 0 aromatic heterocycles. The second-order valence-electron chi connectivity index (χ2n) is 0.600. The van der Waals surface area contributed by atoms with Crippen LogP contribution in [-0.4, -0.2) is 77.1 Å². The normalized spacial score (nSPS) is 8.57. The van der Waals surface area contributed by atoms with Crippen molar-refractivity contribution in [2.45, 2.75) is 0 Å². The summed E-state index contributed by atoms with van der Waals surface area (Å²) in [6, 6.07) is 0. The van der Waals surface area contributed by atoms with E-state index in [0.717, 1.165) is 0 Å². The molecular formula is H7BaLiO4Si. The van der Waals surface area contributed by atoms with Gasteiger partial charge in [-0.1, -0.05) is 0 Å². The molecule has 0 spiro atoms. The number of hydrogen-bond donors (Lipinski definition) is 4. The van der Waals surface area contributed by atoms with Crippen LogP contribution in [0.3, 0.4) is 0 Å². The summed E-state index contributed by atoms with van der Waals surface area (Å²) < 4.78 is 0. The first-order chi connectivity index (χ1) is 2.00. The molecule has 0 amide bonds. The van der Waals surface area contributed by atoms with Crippen LogP contribution in [-0.2, 0) is 0 Å². The van der Waals surface area contributed by atoms with Gasteiger partial charge in [0, 0.05) is 0 Å². The predicted octanol–water partition coefficient (Wildman–Crippen LogP) is -5.65. The summed E-state index contributed by atoms with van der Waals surface area (Å²) >= 11 is 0. The summed E-state index contributed by atoms with van der Waals surface area (Å²) in [5.41, 5.74) is 0. The Hall–Kier alpha value is 2.23. The topological polar surface area (TPSA) is 80.9 Å². The Morgan fingerprint density at radius 1 is 1.00 bits per heavy atom. The van der Waals surface area contributed by atoms with Crippen LogP contribution in [0.4, 0.5) is 0 Å². The third-order valence-corrected chi connectivity index (χ3v) is 0. The summed E-state index contributed by atoms with van der Waals surface area (Å²) in [5.74, 6) is 0. The Morgan fingerprint density at radius 2 is 1.00 bits per heavy atom. The van der Waals surface area contributed by atoms with Gasteiger partial charge in [-0.25, -0.2) is 0 Å². The van der Waals surface area contributed by atoms with Crippen LogP contribution >= 0.6 is 0 Å². The second-order valence-corrected chi connectivity index (χ2v) is 1.80. The van der Waals surface area contributed by atoms with E-state index in [9.17, 15) is 0 Å². The number of hydrogen-bond acceptors (Lipinski definition) is 4. The minimum absolute atomic E-state index is 0. The summed E-state index contributed by atoms with van der Waals surface area (Å²) in [6.45, 7) is 0. The van der Waals surface area contributed by atoms with Gasteiger partial charge in [-0.05, 0) is 0 Å². The fourth-order valence-corrected chi connectivity index (χ4v) is 0. The van der Waals surface area contributed by atoms with Crippen molar-refractivity contribution in [2.75, 3.05) is 0 Å². The van der Waals surface area contributed by atoms with E-state index in [0.29, 0.717) is 0 Å². The molecule has 0 aliphatic heterocycles. The van der Waals surface area contributed by atoms with E-state index in [1.807, 2.05) is 0 Å². The van der Waals surface area contributed by atoms with Crippen molar-refractivity contribution in [1.82, 2.24) is 0 Å². The van der Waals surface area contributed by atoms with Crippen molar-refractivity contribution < 1.29 is 42.3 Å². The average Bonchev–Trinajstić information content (AvgIpc) is 0.722. The fourth-order valence-electron chi connectivity index (χ4n) is 0. The first-order valence-electron chi connectivity index (χ1n) is 0.894. The van der Waals surface area contributed by atoms with Crippen molar-refractivity contribution >= 4 is 57.9 Å². The molecule has 38 valence electrons. The Bertz CT molecular complexity index is 36.0. The largest absolute Gasteiger partial charge is 2.00 e. The van der Waals surface area contributed by atoms with E-state index in [-0.39, 0.29) is 72.0 Å². The molecule has 7 heteroatoms. The molecule has 0 atom stereocenters. The molecule has 4 nitrogen and oxygen atoms in total. The third kappa shape index (κ3) is 64.4. The van der Waals surface area contributed by atoms with Gasteiger partial charge in [0.25, 0.3) is 0 Å². The molecule has 0 aliphatic carbocycles. The van der Waals surface area contributed by atoms with Gasteiger partial charge in [-0.15, -0.1) is 0 Å². The van der Waals surface area contributed by atoms with Crippen LogP contribution in [0.25, 0.3) is 0 Å². The van der Waals surface area contributed by atoms with E-state index in [2.05, 4.69) is 0 Å². The average molecular weight is 243 g/mol. The maximum Gasteiger partial charge on any atom is 2.00 e. The van der Waals surface area contributed by atoms with Crippen molar-refractivity contribution in [3.63, 3.8) is 0 Å². The maximum absolute atomic E-state index is 7.33. The molecule has 0 heterocycles. The Balaban J connectivity index is -0.00000000800. The van der Waals surface area contributed by atoms with Crippen LogP contribution in [0.2, 0.25) is 0 Å². The fraction of sp³-hybridized carbons (Fsp3) is 0. The zero-order valence-electron chi connectivity index (χ0n) is 7.00. The van der Waals surface area contributed by atoms with E-state index in [1.54, 1.807) is 0 Å². The predicted molar refractivity (Wildman–Crippen MR) is 23.7 cm³/mol. The van der Waals surface area contributed by atoms with Crippen molar-refractivity contribution in [2.24, 2.45) is 0 Å². The van der Waals surface area contributed by atoms with Crippen LogP contribution in [0, 0.1) is 0 Å². The van der Waals surface area contributed by atoms with E-state index in [4.69, 9.17) is 19.2 Å². The first-order valence-corrected chi connectivity index (χ1v) is 2.68. The molecule has 0 fully saturated rings. The van der Waals surface area contributed by atoms with Gasteiger partial charge in [0.1, 0.15) is 0 Å². The van der Waals surface area contributed by atoms with Crippen molar-refractivity contribution in [1.29, 1.82) is 0 Å². The first kappa shape index (κ1) is 16.1. The summed E-state index contributed by atoms with van der Waals surface area (Å²) in [4.78, 5) is 29.3. The molecule has 4 N–H and O–H groups in total. The quantitative estimate of drug-likeness (QED) is 0.320. The van der Waals surface area contributed by atoms with Crippen LogP contribution in [0.15, 0.2) is 0 Å². The Labute approximate surface area is 98.8 Å². The molecule has 0 aliphatic rings. The van der Waals surface area contributed by atoms with Crippen LogP contribution in [0.5, 0.6) is 0 Å². The third-order valence-electron chi connectivity index (χ3n) is 0. The zero-order chi connectivity index (χ0) is 4.50. The second kappa shape index (κ2) is 6.35. The minimum atomic E-state index is -4.61.